The van der Waals surface area contributed by atoms with Gasteiger partial charge in [0, 0.05) is 19.2 Å². The second kappa shape index (κ2) is 7.91. The van der Waals surface area contributed by atoms with Crippen molar-refractivity contribution in [2.75, 3.05) is 17.8 Å². The number of nitrogens with zero attached hydrogens (tertiary/aromatic N) is 6. The summed E-state index contributed by atoms with van der Waals surface area (Å²) < 4.78 is 63.8. The van der Waals surface area contributed by atoms with Crippen LogP contribution in [0.5, 0.6) is 11.5 Å². The molecule has 0 amide bonds. The van der Waals surface area contributed by atoms with Crippen molar-refractivity contribution in [1.82, 2.24) is 23.9 Å². The van der Waals surface area contributed by atoms with Gasteiger partial charge < -0.3 is 4.74 Å². The van der Waals surface area contributed by atoms with Crippen molar-refractivity contribution < 1.29 is 21.9 Å². The predicted octanol–water partition coefficient (Wildman–Crippen LogP) is 2.78. The van der Waals surface area contributed by atoms with Crippen molar-refractivity contribution >= 4 is 32.6 Å². The van der Waals surface area contributed by atoms with E-state index >= 15 is 0 Å². The standard InChI is InChI=1S/C20H15F2N7O3S/c21-12-5-6-28(10-12)33(30,31)27-16-4-2-15(22)20(14(16)8-23)32-13-1-3-17-18(7-13)29-11-25-26-19(29)9-24-17/h1-4,7,9,11-12,27H,5-6,10H2/t12-/m0/s1. The average molecular weight is 471 g/mol. The number of anilines is 1. The maximum Gasteiger partial charge on any atom is 0.301 e. The largest absolute Gasteiger partial charge is 0.453 e. The fourth-order valence-electron chi connectivity index (χ4n) is 3.59. The quantitative estimate of drug-likeness (QED) is 0.474. The fourth-order valence-corrected chi connectivity index (χ4v) is 4.87. The Hall–Kier alpha value is -3.89. The van der Waals surface area contributed by atoms with E-state index in [0.29, 0.717) is 16.7 Å². The van der Waals surface area contributed by atoms with E-state index < -0.39 is 27.9 Å². The summed E-state index contributed by atoms with van der Waals surface area (Å²) in [7, 11) is -4.14. The van der Waals surface area contributed by atoms with Crippen LogP contribution in [0, 0.1) is 17.1 Å². The van der Waals surface area contributed by atoms with Gasteiger partial charge in [-0.15, -0.1) is 10.2 Å². The van der Waals surface area contributed by atoms with Crippen LogP contribution in [0.1, 0.15) is 12.0 Å². The lowest BCUT2D eigenvalue weighted by Gasteiger charge is -2.18. The van der Waals surface area contributed by atoms with Crippen molar-refractivity contribution in [3.63, 3.8) is 0 Å². The van der Waals surface area contributed by atoms with Crippen LogP contribution in [0.2, 0.25) is 0 Å². The van der Waals surface area contributed by atoms with E-state index in [-0.39, 0.29) is 36.5 Å². The Morgan fingerprint density at radius 3 is 2.88 bits per heavy atom. The molecule has 0 unspecified atom stereocenters. The van der Waals surface area contributed by atoms with Crippen LogP contribution in [-0.2, 0) is 10.2 Å². The van der Waals surface area contributed by atoms with Crippen molar-refractivity contribution in [3.8, 4) is 17.6 Å². The lowest BCUT2D eigenvalue weighted by Crippen LogP contribution is -2.34. The van der Waals surface area contributed by atoms with Gasteiger partial charge >= 0.3 is 10.2 Å². The molecule has 0 spiro atoms. The summed E-state index contributed by atoms with van der Waals surface area (Å²) in [4.78, 5) is 4.27. The molecule has 1 atom stereocenters. The lowest BCUT2D eigenvalue weighted by atomic mass is 10.1. The number of aromatic nitrogens is 4. The first-order chi connectivity index (χ1) is 15.9. The van der Waals surface area contributed by atoms with Crippen LogP contribution in [-0.4, -0.2) is 51.6 Å². The summed E-state index contributed by atoms with van der Waals surface area (Å²) in [6, 6.07) is 8.64. The Balaban J connectivity index is 1.52. The Kier molecular flexibility index (Phi) is 5.03. The zero-order valence-electron chi connectivity index (χ0n) is 16.8. The van der Waals surface area contributed by atoms with Gasteiger partial charge in [0.15, 0.2) is 17.2 Å². The van der Waals surface area contributed by atoms with Crippen molar-refractivity contribution in [3.05, 3.63) is 54.2 Å². The maximum atomic E-state index is 14.7. The van der Waals surface area contributed by atoms with Gasteiger partial charge in [-0.25, -0.2) is 8.78 Å². The fraction of sp³-hybridized carbons (Fsp3) is 0.200. The molecule has 0 saturated carbocycles. The summed E-state index contributed by atoms with van der Waals surface area (Å²) >= 11 is 0. The molecule has 4 aromatic rings. The number of hydrogen-bond donors (Lipinski definition) is 1. The molecule has 1 N–H and O–H groups in total. The van der Waals surface area contributed by atoms with Gasteiger partial charge in [-0.1, -0.05) is 0 Å². The second-order valence-electron chi connectivity index (χ2n) is 7.33. The Labute approximate surface area is 186 Å². The zero-order chi connectivity index (χ0) is 23.2. The molecule has 2 aromatic heterocycles. The maximum absolute atomic E-state index is 14.7. The highest BCUT2D eigenvalue weighted by molar-refractivity contribution is 7.90. The third-order valence-corrected chi connectivity index (χ3v) is 6.70. The number of rotatable bonds is 5. The molecule has 13 heteroatoms. The monoisotopic (exact) mass is 471 g/mol. The molecular weight excluding hydrogens is 456 g/mol. The van der Waals surface area contributed by atoms with E-state index in [1.165, 1.54) is 12.4 Å². The summed E-state index contributed by atoms with van der Waals surface area (Å²) in [6.07, 6.45) is 1.86. The van der Waals surface area contributed by atoms with Gasteiger partial charge in [-0.2, -0.15) is 18.0 Å². The van der Waals surface area contributed by atoms with E-state index in [1.54, 1.807) is 28.8 Å². The topological polar surface area (TPSA) is 126 Å². The SMILES string of the molecule is N#Cc1c(NS(=O)(=O)N2CC[C@H](F)C2)ccc(F)c1Oc1ccc2ncc3nncn3c2c1. The molecule has 2 aromatic carbocycles. The molecule has 0 aliphatic carbocycles. The number of ether oxygens (including phenoxy) is 1. The Morgan fingerprint density at radius 1 is 1.27 bits per heavy atom. The number of nitrogens with one attached hydrogen (secondary N) is 1. The van der Waals surface area contributed by atoms with Crippen LogP contribution in [0.15, 0.2) is 42.9 Å². The predicted molar refractivity (Wildman–Crippen MR) is 113 cm³/mol. The van der Waals surface area contributed by atoms with Crippen LogP contribution in [0.4, 0.5) is 14.5 Å². The van der Waals surface area contributed by atoms with Crippen molar-refractivity contribution in [1.29, 1.82) is 5.26 Å². The second-order valence-corrected chi connectivity index (χ2v) is 9.00. The van der Waals surface area contributed by atoms with Gasteiger partial charge in [-0.05, 0) is 30.7 Å². The Bertz CT molecular complexity index is 1530. The molecular formula is C20H15F2N7O3S. The molecule has 3 heterocycles. The third kappa shape index (κ3) is 3.79. The molecule has 0 radical (unpaired) electrons. The molecule has 1 aliphatic heterocycles. The Morgan fingerprint density at radius 2 is 2.12 bits per heavy atom. The van der Waals surface area contributed by atoms with E-state index in [9.17, 15) is 22.5 Å². The van der Waals surface area contributed by atoms with Gasteiger partial charge in [-0.3, -0.25) is 14.1 Å². The van der Waals surface area contributed by atoms with Crippen LogP contribution in [0.25, 0.3) is 16.7 Å². The van der Waals surface area contributed by atoms with E-state index in [4.69, 9.17) is 4.74 Å². The summed E-state index contributed by atoms with van der Waals surface area (Å²) in [5.74, 6) is -1.13. The first kappa shape index (κ1) is 21.0. The number of fused-ring (bicyclic) bond motifs is 3. The minimum absolute atomic E-state index is 0.00560. The zero-order valence-corrected chi connectivity index (χ0v) is 17.6. The normalized spacial score (nSPS) is 16.8. The van der Waals surface area contributed by atoms with Gasteiger partial charge in [0.2, 0.25) is 0 Å². The molecule has 1 fully saturated rings. The van der Waals surface area contributed by atoms with Gasteiger partial charge in [0.1, 0.15) is 29.9 Å². The van der Waals surface area contributed by atoms with Crippen molar-refractivity contribution in [2.24, 2.45) is 0 Å². The number of nitriles is 1. The first-order valence-electron chi connectivity index (χ1n) is 9.76. The molecule has 0 bridgehead atoms. The molecule has 1 aliphatic rings. The molecule has 1 saturated heterocycles. The van der Waals surface area contributed by atoms with Crippen molar-refractivity contribution in [2.45, 2.75) is 12.6 Å². The first-order valence-corrected chi connectivity index (χ1v) is 11.2. The number of benzene rings is 2. The average Bonchev–Trinajstić information content (AvgIpc) is 3.45. The molecule has 33 heavy (non-hydrogen) atoms. The molecule has 168 valence electrons. The summed E-state index contributed by atoms with van der Waals surface area (Å²) in [6.45, 7) is -0.282. The number of hydrogen-bond acceptors (Lipinski definition) is 7. The lowest BCUT2D eigenvalue weighted by molar-refractivity contribution is 0.343. The van der Waals surface area contributed by atoms with E-state index in [2.05, 4.69) is 19.9 Å². The van der Waals surface area contributed by atoms with Crippen LogP contribution >= 0.6 is 0 Å². The van der Waals surface area contributed by atoms with Gasteiger partial charge in [0.25, 0.3) is 0 Å². The van der Waals surface area contributed by atoms with Crippen LogP contribution < -0.4 is 9.46 Å². The van der Waals surface area contributed by atoms with Crippen LogP contribution in [0.3, 0.4) is 0 Å². The molecule has 5 rings (SSSR count). The van der Waals surface area contributed by atoms with E-state index in [0.717, 1.165) is 16.4 Å². The third-order valence-electron chi connectivity index (χ3n) is 5.21. The minimum atomic E-state index is -4.14. The number of alkyl halides is 1. The smallest absolute Gasteiger partial charge is 0.301 e. The summed E-state index contributed by atoms with van der Waals surface area (Å²) in [5.41, 5.74) is 1.15. The van der Waals surface area contributed by atoms with E-state index in [1.807, 2.05) is 0 Å². The number of halogens is 2. The molecule has 10 nitrogen and oxygen atoms in total. The highest BCUT2D eigenvalue weighted by atomic mass is 32.2. The van der Waals surface area contributed by atoms with Gasteiger partial charge in [0.05, 0.1) is 22.9 Å². The summed E-state index contributed by atoms with van der Waals surface area (Å²) in [5, 5.41) is 17.4. The highest BCUT2D eigenvalue weighted by Crippen LogP contribution is 2.35. The minimum Gasteiger partial charge on any atom is -0.453 e. The highest BCUT2D eigenvalue weighted by Gasteiger charge is 2.32.